The summed E-state index contributed by atoms with van der Waals surface area (Å²) in [7, 11) is 2.05. The molecular weight excluding hydrogens is 248 g/mol. The van der Waals surface area contributed by atoms with Crippen molar-refractivity contribution in [3.05, 3.63) is 53.0 Å². The third kappa shape index (κ3) is 3.54. The number of anilines is 1. The van der Waals surface area contributed by atoms with Crippen molar-refractivity contribution >= 4 is 5.82 Å². The highest BCUT2D eigenvalue weighted by Crippen LogP contribution is 2.15. The molecule has 0 fully saturated rings. The second-order valence-electron chi connectivity index (χ2n) is 4.99. The third-order valence-corrected chi connectivity index (χ3v) is 3.31. The summed E-state index contributed by atoms with van der Waals surface area (Å²) in [5.41, 5.74) is 9.10. The van der Waals surface area contributed by atoms with Gasteiger partial charge in [-0.1, -0.05) is 31.2 Å². The van der Waals surface area contributed by atoms with Gasteiger partial charge < -0.3 is 10.6 Å². The summed E-state index contributed by atoms with van der Waals surface area (Å²) in [6.45, 7) is 5.45. The van der Waals surface area contributed by atoms with E-state index >= 15 is 0 Å². The first-order valence-electron chi connectivity index (χ1n) is 6.96. The van der Waals surface area contributed by atoms with Crippen molar-refractivity contribution in [1.29, 1.82) is 0 Å². The Bertz CT molecular complexity index is 563. The molecule has 0 radical (unpaired) electrons. The molecule has 0 saturated carbocycles. The molecule has 2 rings (SSSR count). The fraction of sp³-hybridized carbons (Fsp3) is 0.375. The highest BCUT2D eigenvalue weighted by molar-refractivity contribution is 5.40. The van der Waals surface area contributed by atoms with Crippen LogP contribution in [0.4, 0.5) is 5.82 Å². The number of nitrogens with two attached hydrogens (primary N) is 1. The van der Waals surface area contributed by atoms with Crippen molar-refractivity contribution in [2.24, 2.45) is 5.73 Å². The number of rotatable bonds is 5. The summed E-state index contributed by atoms with van der Waals surface area (Å²) in [6, 6.07) is 10.4. The Labute approximate surface area is 120 Å². The Morgan fingerprint density at radius 1 is 1.10 bits per heavy atom. The van der Waals surface area contributed by atoms with Crippen LogP contribution in [0.5, 0.6) is 0 Å². The summed E-state index contributed by atoms with van der Waals surface area (Å²) >= 11 is 0. The lowest BCUT2D eigenvalue weighted by molar-refractivity contribution is 0.860. The van der Waals surface area contributed by atoms with E-state index in [-0.39, 0.29) is 0 Å². The van der Waals surface area contributed by atoms with Crippen molar-refractivity contribution in [2.75, 3.05) is 11.9 Å². The summed E-state index contributed by atoms with van der Waals surface area (Å²) in [5.74, 6) is 1.79. The molecule has 0 amide bonds. The molecule has 1 aromatic carbocycles. The number of hydrogen-bond donors (Lipinski definition) is 1. The average Bonchev–Trinajstić information content (AvgIpc) is 2.47. The zero-order valence-corrected chi connectivity index (χ0v) is 12.4. The van der Waals surface area contributed by atoms with Gasteiger partial charge in [-0.2, -0.15) is 0 Å². The lowest BCUT2D eigenvalue weighted by Gasteiger charge is -2.19. The third-order valence-electron chi connectivity index (χ3n) is 3.31. The highest BCUT2D eigenvalue weighted by Gasteiger charge is 2.06. The Balaban J connectivity index is 2.14. The Morgan fingerprint density at radius 3 is 2.35 bits per heavy atom. The second-order valence-corrected chi connectivity index (χ2v) is 4.99. The molecule has 106 valence electrons. The van der Waals surface area contributed by atoms with Crippen LogP contribution in [0.3, 0.4) is 0 Å². The molecule has 0 aliphatic rings. The molecule has 2 aromatic rings. The van der Waals surface area contributed by atoms with Gasteiger partial charge in [0.25, 0.3) is 0 Å². The lowest BCUT2D eigenvalue weighted by Crippen LogP contribution is -2.18. The van der Waals surface area contributed by atoms with Gasteiger partial charge in [0.1, 0.15) is 11.6 Å². The van der Waals surface area contributed by atoms with E-state index in [1.165, 1.54) is 5.56 Å². The average molecular weight is 270 g/mol. The predicted octanol–water partition coefficient (Wildman–Crippen LogP) is 2.44. The van der Waals surface area contributed by atoms with Crippen molar-refractivity contribution in [2.45, 2.75) is 33.4 Å². The summed E-state index contributed by atoms with van der Waals surface area (Å²) < 4.78 is 0. The van der Waals surface area contributed by atoms with E-state index < -0.39 is 0 Å². The number of benzene rings is 1. The van der Waals surface area contributed by atoms with Gasteiger partial charge in [-0.05, 0) is 24.5 Å². The van der Waals surface area contributed by atoms with Gasteiger partial charge in [-0.3, -0.25) is 0 Å². The van der Waals surface area contributed by atoms with E-state index in [0.29, 0.717) is 6.54 Å². The fourth-order valence-corrected chi connectivity index (χ4v) is 2.12. The summed E-state index contributed by atoms with van der Waals surface area (Å²) in [4.78, 5) is 11.1. The SMILES string of the molecule is CCc1cc(N(C)Cc2ccc(CN)cc2)nc(C)n1. The number of nitrogens with zero attached hydrogens (tertiary/aromatic N) is 3. The zero-order chi connectivity index (χ0) is 14.5. The van der Waals surface area contributed by atoms with Gasteiger partial charge in [0.05, 0.1) is 0 Å². The van der Waals surface area contributed by atoms with Crippen molar-refractivity contribution in [1.82, 2.24) is 9.97 Å². The van der Waals surface area contributed by atoms with E-state index in [1.54, 1.807) is 0 Å². The molecule has 0 spiro atoms. The smallest absolute Gasteiger partial charge is 0.132 e. The van der Waals surface area contributed by atoms with Crippen LogP contribution in [-0.4, -0.2) is 17.0 Å². The summed E-state index contributed by atoms with van der Waals surface area (Å²) in [5, 5.41) is 0. The van der Waals surface area contributed by atoms with Crippen LogP contribution < -0.4 is 10.6 Å². The summed E-state index contributed by atoms with van der Waals surface area (Å²) in [6.07, 6.45) is 0.926. The topological polar surface area (TPSA) is 55.0 Å². The maximum atomic E-state index is 5.61. The molecule has 0 saturated heterocycles. The molecule has 20 heavy (non-hydrogen) atoms. The van der Waals surface area contributed by atoms with E-state index in [2.05, 4.69) is 59.2 Å². The molecular formula is C16H22N4. The van der Waals surface area contributed by atoms with Crippen LogP contribution in [0.15, 0.2) is 30.3 Å². The molecule has 1 heterocycles. The maximum absolute atomic E-state index is 5.61. The van der Waals surface area contributed by atoms with Gasteiger partial charge >= 0.3 is 0 Å². The molecule has 4 heteroatoms. The minimum absolute atomic E-state index is 0.584. The number of aromatic nitrogens is 2. The first-order valence-corrected chi connectivity index (χ1v) is 6.96. The fourth-order valence-electron chi connectivity index (χ4n) is 2.12. The zero-order valence-electron chi connectivity index (χ0n) is 12.4. The van der Waals surface area contributed by atoms with E-state index in [1.807, 2.05) is 6.92 Å². The lowest BCUT2D eigenvalue weighted by atomic mass is 10.1. The van der Waals surface area contributed by atoms with Crippen LogP contribution in [0.1, 0.15) is 29.6 Å². The van der Waals surface area contributed by atoms with E-state index in [4.69, 9.17) is 5.73 Å². The number of aryl methyl sites for hydroxylation is 2. The molecule has 0 aliphatic heterocycles. The highest BCUT2D eigenvalue weighted by atomic mass is 15.2. The quantitative estimate of drug-likeness (QED) is 0.906. The van der Waals surface area contributed by atoms with Gasteiger partial charge in [-0.15, -0.1) is 0 Å². The molecule has 1 aromatic heterocycles. The second kappa shape index (κ2) is 6.48. The largest absolute Gasteiger partial charge is 0.355 e. The minimum Gasteiger partial charge on any atom is -0.355 e. The molecule has 4 nitrogen and oxygen atoms in total. The van der Waals surface area contributed by atoms with Crippen LogP contribution >= 0.6 is 0 Å². The van der Waals surface area contributed by atoms with Gasteiger partial charge in [0, 0.05) is 31.9 Å². The Hall–Kier alpha value is -1.94. The molecule has 0 atom stereocenters. The van der Waals surface area contributed by atoms with Crippen LogP contribution in [-0.2, 0) is 19.5 Å². The van der Waals surface area contributed by atoms with E-state index in [0.717, 1.165) is 35.9 Å². The first-order chi connectivity index (χ1) is 9.62. The van der Waals surface area contributed by atoms with Gasteiger partial charge in [0.15, 0.2) is 0 Å². The Morgan fingerprint density at radius 2 is 1.75 bits per heavy atom. The van der Waals surface area contributed by atoms with Crippen molar-refractivity contribution < 1.29 is 0 Å². The van der Waals surface area contributed by atoms with Crippen molar-refractivity contribution in [3.63, 3.8) is 0 Å². The number of hydrogen-bond acceptors (Lipinski definition) is 4. The van der Waals surface area contributed by atoms with E-state index in [9.17, 15) is 0 Å². The molecule has 0 unspecified atom stereocenters. The standard InChI is InChI=1S/C16H22N4/c1-4-15-9-16(19-12(2)18-15)20(3)11-14-7-5-13(10-17)6-8-14/h5-9H,4,10-11,17H2,1-3H3. The maximum Gasteiger partial charge on any atom is 0.132 e. The van der Waals surface area contributed by atoms with Gasteiger partial charge in [0.2, 0.25) is 0 Å². The predicted molar refractivity (Wildman–Crippen MR) is 82.6 cm³/mol. The molecule has 0 bridgehead atoms. The molecule has 2 N–H and O–H groups in total. The molecule has 0 aliphatic carbocycles. The van der Waals surface area contributed by atoms with Crippen LogP contribution in [0.2, 0.25) is 0 Å². The normalized spacial score (nSPS) is 10.6. The monoisotopic (exact) mass is 270 g/mol. The van der Waals surface area contributed by atoms with Crippen LogP contribution in [0, 0.1) is 6.92 Å². The van der Waals surface area contributed by atoms with Crippen molar-refractivity contribution in [3.8, 4) is 0 Å². The Kier molecular flexibility index (Phi) is 4.69. The first kappa shape index (κ1) is 14.5. The van der Waals surface area contributed by atoms with Gasteiger partial charge in [-0.25, -0.2) is 9.97 Å². The minimum atomic E-state index is 0.584. The van der Waals surface area contributed by atoms with Crippen LogP contribution in [0.25, 0.3) is 0 Å².